The molecule has 8 N–H and O–H groups in total. The Morgan fingerprint density at radius 2 is 1.43 bits per heavy atom. The van der Waals surface area contributed by atoms with Gasteiger partial charge in [-0.25, -0.2) is 4.79 Å². The molecule has 0 fully saturated rings. The minimum Gasteiger partial charge on any atom is -0.479 e. The van der Waals surface area contributed by atoms with Gasteiger partial charge >= 0.3 is 11.9 Å². The number of ether oxygens (including phenoxy) is 1. The van der Waals surface area contributed by atoms with Crippen molar-refractivity contribution in [3.8, 4) is 0 Å². The van der Waals surface area contributed by atoms with Crippen molar-refractivity contribution in [3.63, 3.8) is 0 Å². The third-order valence-corrected chi connectivity index (χ3v) is 2.47. The van der Waals surface area contributed by atoms with Crippen LogP contribution in [0.2, 0.25) is 0 Å². The number of aliphatic hydroxyl groups excluding tert-OH is 7. The first-order chi connectivity index (χ1) is 9.61. The van der Waals surface area contributed by atoms with Crippen molar-refractivity contribution in [1.82, 2.24) is 0 Å². The molecule has 0 heterocycles. The van der Waals surface area contributed by atoms with Gasteiger partial charge in [0.05, 0.1) is 13.0 Å². The van der Waals surface area contributed by atoms with Gasteiger partial charge in [-0.15, -0.1) is 0 Å². The van der Waals surface area contributed by atoms with Crippen LogP contribution in [0.4, 0.5) is 0 Å². The fourth-order valence-electron chi connectivity index (χ4n) is 1.20. The lowest BCUT2D eigenvalue weighted by Crippen LogP contribution is -2.51. The van der Waals surface area contributed by atoms with Gasteiger partial charge in [0.15, 0.2) is 6.10 Å². The quantitative estimate of drug-likeness (QED) is 0.149. The number of carboxylic acids is 1. The average molecular weight is 314 g/mol. The molecule has 0 aliphatic rings. The van der Waals surface area contributed by atoms with Crippen LogP contribution >= 0.6 is 0 Å². The number of carbonyl (C=O) groups is 2. The van der Waals surface area contributed by atoms with Crippen LogP contribution < -0.4 is 0 Å². The van der Waals surface area contributed by atoms with Gasteiger partial charge in [-0.3, -0.25) is 4.79 Å². The first-order valence-electron chi connectivity index (χ1n) is 5.73. The van der Waals surface area contributed by atoms with E-state index in [9.17, 15) is 30.0 Å². The van der Waals surface area contributed by atoms with Crippen LogP contribution in [0.1, 0.15) is 6.42 Å². The lowest BCUT2D eigenvalue weighted by molar-refractivity contribution is -0.215. The molecule has 0 saturated heterocycles. The molecule has 0 aromatic carbocycles. The Bertz CT molecular complexity index is 346. The fourth-order valence-corrected chi connectivity index (χ4v) is 1.20. The number of esters is 1. The summed E-state index contributed by atoms with van der Waals surface area (Å²) in [5.41, 5.74) is 0. The number of aliphatic hydroxyl groups is 7. The van der Waals surface area contributed by atoms with Crippen molar-refractivity contribution in [2.75, 3.05) is 6.61 Å². The van der Waals surface area contributed by atoms with Crippen molar-refractivity contribution in [2.45, 2.75) is 43.2 Å². The monoisotopic (exact) mass is 314 g/mol. The molecule has 21 heavy (non-hydrogen) atoms. The average Bonchev–Trinajstić information content (AvgIpc) is 2.43. The second kappa shape index (κ2) is 8.84. The molecule has 11 heteroatoms. The van der Waals surface area contributed by atoms with E-state index in [2.05, 4.69) is 4.74 Å². The minimum atomic E-state index is -2.35. The fraction of sp³-hybridized carbons (Fsp3) is 0.800. The molecule has 0 amide bonds. The van der Waals surface area contributed by atoms with E-state index in [4.69, 9.17) is 20.4 Å². The molecule has 6 atom stereocenters. The highest BCUT2D eigenvalue weighted by atomic mass is 16.6. The summed E-state index contributed by atoms with van der Waals surface area (Å²) in [5, 5.41) is 72.1. The highest BCUT2D eigenvalue weighted by Crippen LogP contribution is 2.10. The van der Waals surface area contributed by atoms with Gasteiger partial charge in [0, 0.05) is 0 Å². The molecule has 0 rings (SSSR count). The molecule has 0 aliphatic carbocycles. The summed E-state index contributed by atoms with van der Waals surface area (Å²) in [6.45, 7) is -0.939. The maximum atomic E-state index is 11.1. The first-order valence-corrected chi connectivity index (χ1v) is 5.73. The Labute approximate surface area is 118 Å². The van der Waals surface area contributed by atoms with Crippen molar-refractivity contribution in [3.05, 3.63) is 0 Å². The van der Waals surface area contributed by atoms with Crippen LogP contribution in [-0.4, -0.2) is 96.2 Å². The molecular weight excluding hydrogens is 296 g/mol. The van der Waals surface area contributed by atoms with Crippen molar-refractivity contribution in [2.24, 2.45) is 0 Å². The Hall–Kier alpha value is -1.34. The second-order valence-electron chi connectivity index (χ2n) is 4.16. The van der Waals surface area contributed by atoms with E-state index < -0.39 is 61.8 Å². The first kappa shape index (κ1) is 19.7. The molecule has 0 aromatic rings. The zero-order valence-corrected chi connectivity index (χ0v) is 10.7. The molecule has 0 bridgehead atoms. The highest BCUT2D eigenvalue weighted by molar-refractivity contribution is 5.80. The number of hydrogen-bond acceptors (Lipinski definition) is 10. The number of aliphatic carboxylic acids is 1. The van der Waals surface area contributed by atoms with E-state index in [1.807, 2.05) is 0 Å². The lowest BCUT2D eigenvalue weighted by Gasteiger charge is -2.28. The lowest BCUT2D eigenvalue weighted by atomic mass is 10.0. The SMILES string of the molecule is O=C(CC(O)C(=O)O)OC(O)[C@H](O)[C@H](O)[C@H](O)[C@@H](O)CO. The Balaban J connectivity index is 4.47. The van der Waals surface area contributed by atoms with E-state index >= 15 is 0 Å². The minimum absolute atomic E-state index is 0.939. The highest BCUT2D eigenvalue weighted by Gasteiger charge is 2.36. The van der Waals surface area contributed by atoms with E-state index in [1.165, 1.54) is 0 Å². The van der Waals surface area contributed by atoms with Crippen LogP contribution in [0.15, 0.2) is 0 Å². The largest absolute Gasteiger partial charge is 0.479 e. The molecule has 0 saturated carbocycles. The van der Waals surface area contributed by atoms with E-state index in [0.29, 0.717) is 0 Å². The van der Waals surface area contributed by atoms with Crippen LogP contribution in [0.25, 0.3) is 0 Å². The normalized spacial score (nSPS) is 20.0. The number of carboxylic acid groups (broad SMARTS) is 1. The predicted molar refractivity (Wildman–Crippen MR) is 61.5 cm³/mol. The molecule has 11 nitrogen and oxygen atoms in total. The van der Waals surface area contributed by atoms with E-state index in [-0.39, 0.29) is 0 Å². The summed E-state index contributed by atoms with van der Waals surface area (Å²) < 4.78 is 4.15. The zero-order chi connectivity index (χ0) is 16.7. The van der Waals surface area contributed by atoms with Crippen LogP contribution in [0.5, 0.6) is 0 Å². The standard InChI is InChI=1S/C10H18O11/c11-2-4(13)6(15)7(16)8(17)10(20)21-5(14)1-3(12)9(18)19/h3-4,6-8,10-13,15-17,20H,1-2H2,(H,18,19)/t3?,4-,6+,7+,8+,10?/m0/s1. The molecule has 0 radical (unpaired) electrons. The third-order valence-electron chi connectivity index (χ3n) is 2.47. The van der Waals surface area contributed by atoms with Crippen LogP contribution in [0, 0.1) is 0 Å². The molecular formula is C10H18O11. The van der Waals surface area contributed by atoms with Crippen molar-refractivity contribution in [1.29, 1.82) is 0 Å². The van der Waals surface area contributed by atoms with Gasteiger partial charge in [-0.05, 0) is 0 Å². The zero-order valence-electron chi connectivity index (χ0n) is 10.7. The Kier molecular flexibility index (Phi) is 8.27. The Morgan fingerprint density at radius 1 is 0.905 bits per heavy atom. The van der Waals surface area contributed by atoms with Crippen molar-refractivity contribution < 1.29 is 55.2 Å². The van der Waals surface area contributed by atoms with Gasteiger partial charge in [-0.1, -0.05) is 0 Å². The molecule has 0 aliphatic heterocycles. The smallest absolute Gasteiger partial charge is 0.333 e. The van der Waals surface area contributed by atoms with E-state index in [0.717, 1.165) is 0 Å². The van der Waals surface area contributed by atoms with Gasteiger partial charge in [0.25, 0.3) is 0 Å². The summed E-state index contributed by atoms with van der Waals surface area (Å²) in [7, 11) is 0. The maximum absolute atomic E-state index is 11.1. The summed E-state index contributed by atoms with van der Waals surface area (Å²) in [6.07, 6.45) is -13.7. The summed E-state index contributed by atoms with van der Waals surface area (Å²) in [4.78, 5) is 21.4. The van der Waals surface area contributed by atoms with Gasteiger partial charge in [0.2, 0.25) is 6.29 Å². The summed E-state index contributed by atoms with van der Waals surface area (Å²) in [5.74, 6) is -3.09. The molecule has 0 aromatic heterocycles. The number of rotatable bonds is 9. The van der Waals surface area contributed by atoms with Gasteiger partial charge in [0.1, 0.15) is 24.4 Å². The van der Waals surface area contributed by atoms with Crippen molar-refractivity contribution >= 4 is 11.9 Å². The predicted octanol–water partition coefficient (Wildman–Crippen LogP) is -4.88. The Morgan fingerprint density at radius 3 is 1.86 bits per heavy atom. The summed E-state index contributed by atoms with van der Waals surface area (Å²) >= 11 is 0. The molecule has 124 valence electrons. The van der Waals surface area contributed by atoms with Crippen LogP contribution in [0.3, 0.4) is 0 Å². The number of carbonyl (C=O) groups excluding carboxylic acids is 1. The van der Waals surface area contributed by atoms with Gasteiger partial charge in [-0.2, -0.15) is 0 Å². The summed E-state index contributed by atoms with van der Waals surface area (Å²) in [6, 6.07) is 0. The molecule has 0 spiro atoms. The molecule has 2 unspecified atom stereocenters. The number of hydrogen-bond donors (Lipinski definition) is 8. The van der Waals surface area contributed by atoms with Gasteiger partial charge < -0.3 is 45.6 Å². The third kappa shape index (κ3) is 6.31. The van der Waals surface area contributed by atoms with Crippen LogP contribution in [-0.2, 0) is 14.3 Å². The second-order valence-corrected chi connectivity index (χ2v) is 4.16. The maximum Gasteiger partial charge on any atom is 0.333 e. The topological polar surface area (TPSA) is 205 Å². The van der Waals surface area contributed by atoms with E-state index in [1.54, 1.807) is 0 Å².